The number of nitrogens with two attached hydrogens (primary N) is 1. The maximum atomic E-state index is 12.7. The van der Waals surface area contributed by atoms with Crippen LogP contribution in [0.25, 0.3) is 0 Å². The minimum atomic E-state index is -4.39. The van der Waals surface area contributed by atoms with Crippen LogP contribution in [0.15, 0.2) is 24.3 Å². The zero-order valence-corrected chi connectivity index (χ0v) is 46.5. The van der Waals surface area contributed by atoms with Crippen LogP contribution >= 0.6 is 7.82 Å². The number of carbonyl (C=O) groups excluding carboxylic acids is 2. The molecule has 0 aromatic rings. The van der Waals surface area contributed by atoms with Crippen molar-refractivity contribution in [1.82, 2.24) is 0 Å². The van der Waals surface area contributed by atoms with Gasteiger partial charge in [0.2, 0.25) is 0 Å². The largest absolute Gasteiger partial charge is 0.472 e. The van der Waals surface area contributed by atoms with E-state index in [0.717, 1.165) is 57.8 Å². The van der Waals surface area contributed by atoms with Gasteiger partial charge in [-0.15, -0.1) is 0 Å². The average molecular weight is 997 g/mol. The Kier molecular flexibility index (Phi) is 54.6. The van der Waals surface area contributed by atoms with Crippen LogP contribution in [0.3, 0.4) is 0 Å². The van der Waals surface area contributed by atoms with Crippen molar-refractivity contribution >= 4 is 19.8 Å². The van der Waals surface area contributed by atoms with Gasteiger partial charge in [-0.25, -0.2) is 4.57 Å². The second-order valence-corrected chi connectivity index (χ2v) is 21.7. The SMILES string of the molecule is CCCCCC/C=C\C/C=C\CCCCCCCC(=O)OC(COC(=O)CCCCCCCCCCCCCCCCCCCCCCCCCCCCCCCCCC)COP(=O)(O)OCCN. The summed E-state index contributed by atoms with van der Waals surface area (Å²) in [6.07, 6.45) is 65.5. The highest BCUT2D eigenvalue weighted by Crippen LogP contribution is 2.43. The van der Waals surface area contributed by atoms with Crippen LogP contribution in [0.1, 0.15) is 309 Å². The number of hydrogen-bond donors (Lipinski definition) is 2. The molecule has 408 valence electrons. The van der Waals surface area contributed by atoms with Gasteiger partial charge in [0.1, 0.15) is 6.61 Å². The van der Waals surface area contributed by atoms with Gasteiger partial charge in [-0.2, -0.15) is 0 Å². The molecule has 0 aromatic carbocycles. The highest BCUT2D eigenvalue weighted by Gasteiger charge is 2.26. The lowest BCUT2D eigenvalue weighted by atomic mass is 10.0. The van der Waals surface area contributed by atoms with Gasteiger partial charge in [0.25, 0.3) is 0 Å². The van der Waals surface area contributed by atoms with E-state index >= 15 is 0 Å². The Morgan fingerprint density at radius 1 is 0.435 bits per heavy atom. The van der Waals surface area contributed by atoms with Crippen molar-refractivity contribution in [2.75, 3.05) is 26.4 Å². The van der Waals surface area contributed by atoms with Crippen LogP contribution in [0.2, 0.25) is 0 Å². The van der Waals surface area contributed by atoms with Gasteiger partial charge in [0.05, 0.1) is 13.2 Å². The third-order valence-corrected chi connectivity index (χ3v) is 14.3. The molecule has 0 fully saturated rings. The highest BCUT2D eigenvalue weighted by atomic mass is 31.2. The number of ether oxygens (including phenoxy) is 2. The van der Waals surface area contributed by atoms with Crippen molar-refractivity contribution in [2.24, 2.45) is 5.73 Å². The molecule has 9 nitrogen and oxygen atoms in total. The number of phosphoric ester groups is 1. The first-order valence-corrected chi connectivity index (χ1v) is 31.3. The molecule has 0 bridgehead atoms. The molecule has 0 rings (SSSR count). The first-order valence-electron chi connectivity index (χ1n) is 29.8. The zero-order chi connectivity index (χ0) is 50.2. The fourth-order valence-corrected chi connectivity index (χ4v) is 9.67. The van der Waals surface area contributed by atoms with Gasteiger partial charge in [-0.1, -0.05) is 276 Å². The van der Waals surface area contributed by atoms with Crippen molar-refractivity contribution in [3.63, 3.8) is 0 Å². The summed E-state index contributed by atoms with van der Waals surface area (Å²) < 4.78 is 33.0. The molecule has 0 amide bonds. The Bertz CT molecular complexity index is 1180. The molecular formula is C59H114NO8P. The summed E-state index contributed by atoms with van der Waals surface area (Å²) in [5.74, 6) is -0.828. The number of allylic oxidation sites excluding steroid dienone is 4. The second-order valence-electron chi connectivity index (χ2n) is 20.2. The van der Waals surface area contributed by atoms with E-state index in [1.54, 1.807) is 0 Å². The van der Waals surface area contributed by atoms with Crippen LogP contribution in [0.5, 0.6) is 0 Å². The van der Waals surface area contributed by atoms with Crippen LogP contribution in [-0.2, 0) is 32.7 Å². The van der Waals surface area contributed by atoms with E-state index in [1.807, 2.05) is 0 Å². The molecule has 0 aliphatic carbocycles. The van der Waals surface area contributed by atoms with Gasteiger partial charge in [0, 0.05) is 19.4 Å². The third-order valence-electron chi connectivity index (χ3n) is 13.3. The molecule has 0 heterocycles. The summed E-state index contributed by atoms with van der Waals surface area (Å²) in [7, 11) is -4.39. The minimum absolute atomic E-state index is 0.0529. The van der Waals surface area contributed by atoms with Crippen molar-refractivity contribution in [3.05, 3.63) is 24.3 Å². The zero-order valence-electron chi connectivity index (χ0n) is 45.6. The fourth-order valence-electron chi connectivity index (χ4n) is 8.91. The molecule has 0 spiro atoms. The van der Waals surface area contributed by atoms with Crippen molar-refractivity contribution < 1.29 is 37.6 Å². The lowest BCUT2D eigenvalue weighted by Crippen LogP contribution is -2.29. The van der Waals surface area contributed by atoms with E-state index in [-0.39, 0.29) is 38.6 Å². The second kappa shape index (κ2) is 55.8. The molecule has 2 atom stereocenters. The lowest BCUT2D eigenvalue weighted by molar-refractivity contribution is -0.161. The van der Waals surface area contributed by atoms with E-state index in [0.29, 0.717) is 6.42 Å². The molecular weight excluding hydrogens is 882 g/mol. The molecule has 10 heteroatoms. The molecule has 2 unspecified atom stereocenters. The maximum Gasteiger partial charge on any atom is 0.472 e. The van der Waals surface area contributed by atoms with Crippen molar-refractivity contribution in [1.29, 1.82) is 0 Å². The van der Waals surface area contributed by atoms with Gasteiger partial charge in [-0.05, 0) is 44.9 Å². The van der Waals surface area contributed by atoms with Crippen LogP contribution in [-0.4, -0.2) is 49.3 Å². The first kappa shape index (κ1) is 67.5. The normalized spacial score (nSPS) is 13.2. The standard InChI is InChI=1S/C59H114NO8P/c1-3-5-7-9-11-13-15-17-19-21-22-23-24-25-26-27-28-29-30-31-32-33-34-35-36-38-39-41-43-45-47-49-51-58(61)65-55-57(56-67-69(63,64)66-54-53-60)68-59(62)52-50-48-46-44-42-40-37-20-18-16-14-12-10-8-6-4-2/h14,16,20,37,57H,3-13,15,17-19,21-36,38-56,60H2,1-2H3,(H,63,64)/b16-14-,37-20-. The van der Waals surface area contributed by atoms with E-state index in [1.165, 1.54) is 218 Å². The van der Waals surface area contributed by atoms with Crippen molar-refractivity contribution in [3.8, 4) is 0 Å². The van der Waals surface area contributed by atoms with Gasteiger partial charge >= 0.3 is 19.8 Å². The number of esters is 2. The maximum absolute atomic E-state index is 12.7. The number of unbranched alkanes of at least 4 members (excludes halogenated alkanes) is 40. The Labute approximate surface area is 427 Å². The van der Waals surface area contributed by atoms with Crippen LogP contribution < -0.4 is 5.73 Å². The summed E-state index contributed by atoms with van der Waals surface area (Å²) in [4.78, 5) is 35.1. The van der Waals surface area contributed by atoms with Gasteiger partial charge in [-0.3, -0.25) is 18.6 Å². The predicted molar refractivity (Wildman–Crippen MR) is 294 cm³/mol. The Balaban J connectivity index is 3.83. The smallest absolute Gasteiger partial charge is 0.462 e. The Morgan fingerprint density at radius 3 is 1.12 bits per heavy atom. The van der Waals surface area contributed by atoms with Gasteiger partial charge < -0.3 is 20.1 Å². The van der Waals surface area contributed by atoms with Crippen LogP contribution in [0, 0.1) is 0 Å². The summed E-state index contributed by atoms with van der Waals surface area (Å²) in [5, 5.41) is 0. The summed E-state index contributed by atoms with van der Waals surface area (Å²) in [6, 6.07) is 0. The molecule has 0 aliphatic heterocycles. The quantitative estimate of drug-likeness (QED) is 0.0264. The highest BCUT2D eigenvalue weighted by molar-refractivity contribution is 7.47. The number of rotatable bonds is 57. The first-order chi connectivity index (χ1) is 33.8. The van der Waals surface area contributed by atoms with Gasteiger partial charge in [0.15, 0.2) is 6.10 Å². The lowest BCUT2D eigenvalue weighted by Gasteiger charge is -2.19. The minimum Gasteiger partial charge on any atom is -0.462 e. The molecule has 0 saturated carbocycles. The topological polar surface area (TPSA) is 134 Å². The molecule has 0 aliphatic rings. The van der Waals surface area contributed by atoms with Crippen LogP contribution in [0.4, 0.5) is 0 Å². The monoisotopic (exact) mass is 996 g/mol. The summed E-state index contributed by atoms with van der Waals surface area (Å²) >= 11 is 0. The molecule has 0 aromatic heterocycles. The van der Waals surface area contributed by atoms with E-state index in [4.69, 9.17) is 24.3 Å². The fraction of sp³-hybridized carbons (Fsp3) is 0.898. The van der Waals surface area contributed by atoms with Crippen molar-refractivity contribution in [2.45, 2.75) is 315 Å². The Morgan fingerprint density at radius 2 is 0.754 bits per heavy atom. The van der Waals surface area contributed by atoms with E-state index in [9.17, 15) is 19.0 Å². The third kappa shape index (κ3) is 55.7. The predicted octanol–water partition coefficient (Wildman–Crippen LogP) is 18.6. The molecule has 0 radical (unpaired) electrons. The molecule has 3 N–H and O–H groups in total. The number of carbonyl (C=O) groups is 2. The van der Waals surface area contributed by atoms with E-state index in [2.05, 4.69) is 38.2 Å². The number of hydrogen-bond acceptors (Lipinski definition) is 8. The van der Waals surface area contributed by atoms with E-state index < -0.39 is 26.5 Å². The summed E-state index contributed by atoms with van der Waals surface area (Å²) in [6.45, 7) is 3.76. The Hall–Kier alpha value is -1.51. The average Bonchev–Trinajstić information content (AvgIpc) is 3.34. The summed E-state index contributed by atoms with van der Waals surface area (Å²) in [5.41, 5.74) is 5.38. The molecule has 69 heavy (non-hydrogen) atoms. The molecule has 0 saturated heterocycles. The number of phosphoric acid groups is 1.